The molecule has 0 aliphatic heterocycles. The molecule has 11 rings (SSSR count). The lowest BCUT2D eigenvalue weighted by molar-refractivity contribution is 1.02. The van der Waals surface area contributed by atoms with E-state index in [9.17, 15) is 0 Å². The monoisotopic (exact) mass is 585 g/mol. The van der Waals surface area contributed by atoms with Crippen LogP contribution >= 0.6 is 0 Å². The second-order valence-electron chi connectivity index (χ2n) is 12.1. The highest BCUT2D eigenvalue weighted by Crippen LogP contribution is 2.47. The molecule has 5 heterocycles. The summed E-state index contributed by atoms with van der Waals surface area (Å²) in [4.78, 5) is 15.0. The van der Waals surface area contributed by atoms with Crippen LogP contribution in [0, 0.1) is 0 Å². The van der Waals surface area contributed by atoms with Crippen molar-refractivity contribution in [2.75, 3.05) is 0 Å². The van der Waals surface area contributed by atoms with E-state index in [4.69, 9.17) is 9.97 Å². The van der Waals surface area contributed by atoms with E-state index in [0.29, 0.717) is 5.95 Å². The molecule has 0 fully saturated rings. The molecule has 5 nitrogen and oxygen atoms in total. The SMILES string of the molecule is c1cncc(-c2nc(-n3c4ccccc4c4cc5c6ccccc6n6c7cc8ccccc8cc7c(c43)c56)nc3ccccc23)c1. The highest BCUT2D eigenvalue weighted by molar-refractivity contribution is 6.34. The van der Waals surface area contributed by atoms with Crippen LogP contribution in [-0.4, -0.2) is 23.9 Å². The minimum atomic E-state index is 0.649. The van der Waals surface area contributed by atoms with Gasteiger partial charge in [0.05, 0.1) is 38.8 Å². The van der Waals surface area contributed by atoms with Gasteiger partial charge in [0.25, 0.3) is 0 Å². The van der Waals surface area contributed by atoms with Gasteiger partial charge >= 0.3 is 0 Å². The Labute approximate surface area is 261 Å². The highest BCUT2D eigenvalue weighted by Gasteiger charge is 2.25. The molecular weight excluding hydrogens is 562 g/mol. The van der Waals surface area contributed by atoms with Crippen molar-refractivity contribution in [3.05, 3.63) is 140 Å². The van der Waals surface area contributed by atoms with Gasteiger partial charge in [-0.25, -0.2) is 9.97 Å². The summed E-state index contributed by atoms with van der Waals surface area (Å²) in [7, 11) is 0. The number of benzene rings is 6. The van der Waals surface area contributed by atoms with Crippen molar-refractivity contribution in [2.24, 2.45) is 0 Å². The third kappa shape index (κ3) is 3.01. The molecule has 0 spiro atoms. The normalized spacial score (nSPS) is 12.3. The largest absolute Gasteiger partial charge is 0.308 e. The molecule has 0 amide bonds. The minimum Gasteiger partial charge on any atom is -0.308 e. The maximum atomic E-state index is 5.34. The number of hydrogen-bond donors (Lipinski definition) is 0. The zero-order valence-corrected chi connectivity index (χ0v) is 24.5. The van der Waals surface area contributed by atoms with Crippen molar-refractivity contribution in [3.8, 4) is 17.2 Å². The maximum absolute atomic E-state index is 5.34. The standard InChI is InChI=1S/C41H23N5/c1-2-11-25-21-36-32(20-24(25)10-1)37-39-30(27-13-4-7-17-34(27)45(36)39)22-31-28-14-5-8-18-35(28)46(40(31)37)41-43-33-16-6-3-15-29(33)38(44-41)26-12-9-19-42-23-26/h1-23H. The summed E-state index contributed by atoms with van der Waals surface area (Å²) >= 11 is 0. The first-order chi connectivity index (χ1) is 22.8. The maximum Gasteiger partial charge on any atom is 0.235 e. The molecule has 212 valence electrons. The van der Waals surface area contributed by atoms with Crippen LogP contribution in [0.5, 0.6) is 0 Å². The smallest absolute Gasteiger partial charge is 0.235 e. The molecule has 0 saturated heterocycles. The number of rotatable bonds is 2. The molecule has 0 radical (unpaired) electrons. The van der Waals surface area contributed by atoms with Crippen molar-refractivity contribution in [1.82, 2.24) is 23.9 Å². The molecule has 11 aromatic rings. The lowest BCUT2D eigenvalue weighted by atomic mass is 10.0. The van der Waals surface area contributed by atoms with E-state index in [1.54, 1.807) is 6.20 Å². The van der Waals surface area contributed by atoms with Crippen molar-refractivity contribution >= 4 is 81.6 Å². The fourth-order valence-electron chi connectivity index (χ4n) is 7.79. The van der Waals surface area contributed by atoms with Crippen molar-refractivity contribution in [2.45, 2.75) is 0 Å². The van der Waals surface area contributed by atoms with Crippen LogP contribution in [0.15, 0.2) is 140 Å². The van der Waals surface area contributed by atoms with Crippen LogP contribution in [0.3, 0.4) is 0 Å². The topological polar surface area (TPSA) is 48.0 Å². The quantitative estimate of drug-likeness (QED) is 0.203. The summed E-state index contributed by atoms with van der Waals surface area (Å²) in [5.74, 6) is 0.649. The van der Waals surface area contributed by atoms with Gasteiger partial charge in [-0.2, -0.15) is 0 Å². The molecule has 0 saturated carbocycles. The fraction of sp³-hybridized carbons (Fsp3) is 0. The Morgan fingerprint density at radius 2 is 1.17 bits per heavy atom. The lowest BCUT2D eigenvalue weighted by Gasteiger charge is -2.12. The van der Waals surface area contributed by atoms with E-state index < -0.39 is 0 Å². The van der Waals surface area contributed by atoms with Crippen molar-refractivity contribution in [1.29, 1.82) is 0 Å². The van der Waals surface area contributed by atoms with Crippen LogP contribution in [0.4, 0.5) is 0 Å². The number of para-hydroxylation sites is 3. The lowest BCUT2D eigenvalue weighted by Crippen LogP contribution is -2.03. The Bertz CT molecular complexity index is 3020. The Morgan fingerprint density at radius 1 is 0.478 bits per heavy atom. The van der Waals surface area contributed by atoms with Gasteiger partial charge in [0.2, 0.25) is 5.95 Å². The van der Waals surface area contributed by atoms with Gasteiger partial charge in [0.1, 0.15) is 0 Å². The molecule has 0 aliphatic rings. The van der Waals surface area contributed by atoms with Crippen LogP contribution < -0.4 is 0 Å². The first-order valence-corrected chi connectivity index (χ1v) is 15.5. The predicted octanol–water partition coefficient (Wildman–Crippen LogP) is 10.1. The minimum absolute atomic E-state index is 0.649. The van der Waals surface area contributed by atoms with E-state index in [0.717, 1.165) is 33.2 Å². The molecule has 0 bridgehead atoms. The van der Waals surface area contributed by atoms with Crippen LogP contribution in [0.1, 0.15) is 0 Å². The molecule has 0 unspecified atom stereocenters. The van der Waals surface area contributed by atoms with E-state index in [2.05, 4.69) is 123 Å². The van der Waals surface area contributed by atoms with Gasteiger partial charge in [-0.15, -0.1) is 0 Å². The Morgan fingerprint density at radius 3 is 2.00 bits per heavy atom. The number of pyridine rings is 1. The summed E-state index contributed by atoms with van der Waals surface area (Å²) in [6, 6.07) is 45.5. The zero-order valence-electron chi connectivity index (χ0n) is 24.5. The summed E-state index contributed by atoms with van der Waals surface area (Å²) in [5, 5.41) is 10.8. The summed E-state index contributed by atoms with van der Waals surface area (Å²) in [5.41, 5.74) is 8.60. The molecule has 5 heteroatoms. The van der Waals surface area contributed by atoms with Gasteiger partial charge in [-0.05, 0) is 59.3 Å². The van der Waals surface area contributed by atoms with Gasteiger partial charge in [0.15, 0.2) is 0 Å². The van der Waals surface area contributed by atoms with Crippen molar-refractivity contribution < 1.29 is 0 Å². The Balaban J connectivity index is 1.41. The molecule has 6 aromatic carbocycles. The highest BCUT2D eigenvalue weighted by atomic mass is 15.2. The zero-order chi connectivity index (χ0) is 29.9. The number of nitrogens with zero attached hydrogens (tertiary/aromatic N) is 5. The first-order valence-electron chi connectivity index (χ1n) is 15.5. The molecule has 0 N–H and O–H groups in total. The van der Waals surface area contributed by atoms with Crippen molar-refractivity contribution in [3.63, 3.8) is 0 Å². The summed E-state index contributed by atoms with van der Waals surface area (Å²) < 4.78 is 4.75. The predicted molar refractivity (Wildman–Crippen MR) is 189 cm³/mol. The van der Waals surface area contributed by atoms with E-state index in [1.807, 2.05) is 24.4 Å². The van der Waals surface area contributed by atoms with Gasteiger partial charge in [-0.1, -0.05) is 78.9 Å². The van der Waals surface area contributed by atoms with Crippen LogP contribution in [0.25, 0.3) is 98.8 Å². The molecular formula is C41H23N5. The van der Waals surface area contributed by atoms with E-state index in [-0.39, 0.29) is 0 Å². The molecule has 0 atom stereocenters. The number of hydrogen-bond acceptors (Lipinski definition) is 3. The fourth-order valence-corrected chi connectivity index (χ4v) is 7.79. The first kappa shape index (κ1) is 24.0. The average molecular weight is 586 g/mol. The third-order valence-corrected chi connectivity index (χ3v) is 9.69. The van der Waals surface area contributed by atoms with Gasteiger partial charge in [0, 0.05) is 55.7 Å². The molecule has 5 aromatic heterocycles. The third-order valence-electron chi connectivity index (χ3n) is 9.69. The molecule has 46 heavy (non-hydrogen) atoms. The number of fused-ring (bicyclic) bond motifs is 12. The average Bonchev–Trinajstić information content (AvgIpc) is 3.75. The second-order valence-corrected chi connectivity index (χ2v) is 12.1. The second kappa shape index (κ2) is 8.65. The van der Waals surface area contributed by atoms with Gasteiger partial charge in [-0.3, -0.25) is 9.55 Å². The van der Waals surface area contributed by atoms with Gasteiger partial charge < -0.3 is 4.40 Å². The van der Waals surface area contributed by atoms with E-state index >= 15 is 0 Å². The summed E-state index contributed by atoms with van der Waals surface area (Å²) in [6.45, 7) is 0. The number of aromatic nitrogens is 5. The van der Waals surface area contributed by atoms with Crippen LogP contribution in [0.2, 0.25) is 0 Å². The molecule has 0 aliphatic carbocycles. The van der Waals surface area contributed by atoms with E-state index in [1.165, 1.54) is 59.6 Å². The summed E-state index contributed by atoms with van der Waals surface area (Å²) in [6.07, 6.45) is 3.68. The van der Waals surface area contributed by atoms with Crippen LogP contribution in [-0.2, 0) is 0 Å². The Kier molecular flexibility index (Phi) is 4.52. The Hall–Kier alpha value is -6.33.